The molecular formula is C22H21N5O2. The average Bonchev–Trinajstić information content (AvgIpc) is 2.74. The summed E-state index contributed by atoms with van der Waals surface area (Å²) in [7, 11) is 0. The fraction of sp³-hybridized carbons (Fsp3) is 0.273. The molecule has 7 nitrogen and oxygen atoms in total. The van der Waals surface area contributed by atoms with E-state index in [1.165, 1.54) is 0 Å². The van der Waals surface area contributed by atoms with Crippen LogP contribution in [0.25, 0.3) is 0 Å². The van der Waals surface area contributed by atoms with Gasteiger partial charge in [-0.1, -0.05) is 6.07 Å². The molecule has 146 valence electrons. The number of hydrogen-bond acceptors (Lipinski definition) is 7. The summed E-state index contributed by atoms with van der Waals surface area (Å²) in [6, 6.07) is 14.3. The lowest BCUT2D eigenvalue weighted by atomic mass is 9.85. The zero-order valence-corrected chi connectivity index (χ0v) is 16.2. The highest BCUT2D eigenvalue weighted by atomic mass is 16.5. The third-order valence-corrected chi connectivity index (χ3v) is 5.05. The van der Waals surface area contributed by atoms with Crippen LogP contribution < -0.4 is 9.64 Å². The van der Waals surface area contributed by atoms with Gasteiger partial charge in [0, 0.05) is 24.2 Å². The predicted molar refractivity (Wildman–Crippen MR) is 107 cm³/mol. The standard InChI is InChI=1S/C22H21N5O2/c1-22(2)20(28)19(17-12-15(13-23)7-8-18(17)29-22)27(21-25-10-5-11-26-21)14-16-6-3-4-9-24-16/h3-12,19-20,28H,14H2,1-2H3/t19?,20-/m1/s1. The molecule has 0 spiro atoms. The molecule has 1 aliphatic heterocycles. The lowest BCUT2D eigenvalue weighted by molar-refractivity contribution is -0.0592. The lowest BCUT2D eigenvalue weighted by Crippen LogP contribution is -2.54. The van der Waals surface area contributed by atoms with E-state index in [0.29, 0.717) is 23.8 Å². The Labute approximate surface area is 169 Å². The first-order valence-electron chi connectivity index (χ1n) is 9.34. The SMILES string of the molecule is CC1(C)Oc2ccc(C#N)cc2C(N(Cc2ccccn2)c2ncccn2)[C@H]1O. The maximum absolute atomic E-state index is 11.3. The second-order valence-electron chi connectivity index (χ2n) is 7.46. The zero-order valence-electron chi connectivity index (χ0n) is 16.2. The number of rotatable bonds is 4. The van der Waals surface area contributed by atoms with Crippen LogP contribution in [0.15, 0.2) is 61.1 Å². The predicted octanol–water partition coefficient (Wildman–Crippen LogP) is 3.02. The van der Waals surface area contributed by atoms with Gasteiger partial charge in [0.25, 0.3) is 0 Å². The van der Waals surface area contributed by atoms with E-state index in [1.807, 2.05) is 36.9 Å². The van der Waals surface area contributed by atoms with Crippen LogP contribution in [0.1, 0.15) is 36.7 Å². The molecule has 1 aliphatic rings. The van der Waals surface area contributed by atoms with E-state index in [9.17, 15) is 10.4 Å². The number of nitriles is 1. The summed E-state index contributed by atoms with van der Waals surface area (Å²) in [6.07, 6.45) is 4.16. The van der Waals surface area contributed by atoms with Crippen LogP contribution in [0.3, 0.4) is 0 Å². The van der Waals surface area contributed by atoms with Gasteiger partial charge in [-0.2, -0.15) is 5.26 Å². The van der Waals surface area contributed by atoms with Gasteiger partial charge in [-0.15, -0.1) is 0 Å². The summed E-state index contributed by atoms with van der Waals surface area (Å²) in [5, 5.41) is 20.7. The van der Waals surface area contributed by atoms with Crippen molar-refractivity contribution in [2.45, 2.75) is 38.1 Å². The van der Waals surface area contributed by atoms with Crippen molar-refractivity contribution in [3.63, 3.8) is 0 Å². The van der Waals surface area contributed by atoms with E-state index in [0.717, 1.165) is 11.3 Å². The van der Waals surface area contributed by atoms with Crippen LogP contribution in [-0.2, 0) is 6.54 Å². The largest absolute Gasteiger partial charge is 0.485 e. The van der Waals surface area contributed by atoms with Crippen molar-refractivity contribution in [3.8, 4) is 11.8 Å². The molecular weight excluding hydrogens is 366 g/mol. The zero-order chi connectivity index (χ0) is 20.4. The number of fused-ring (bicyclic) bond motifs is 1. The molecule has 3 heterocycles. The molecule has 0 saturated heterocycles. The number of aliphatic hydroxyl groups excluding tert-OH is 1. The topological polar surface area (TPSA) is 95.2 Å². The van der Waals surface area contributed by atoms with E-state index in [-0.39, 0.29) is 0 Å². The van der Waals surface area contributed by atoms with Crippen LogP contribution in [0.5, 0.6) is 5.75 Å². The Morgan fingerprint density at radius 1 is 1.10 bits per heavy atom. The van der Waals surface area contributed by atoms with Crippen LogP contribution in [-0.4, -0.2) is 31.8 Å². The van der Waals surface area contributed by atoms with E-state index >= 15 is 0 Å². The molecule has 0 fully saturated rings. The summed E-state index contributed by atoms with van der Waals surface area (Å²) in [5.74, 6) is 1.10. The highest BCUT2D eigenvalue weighted by Gasteiger charge is 2.46. The van der Waals surface area contributed by atoms with Crippen LogP contribution in [0, 0.1) is 11.3 Å². The molecule has 0 saturated carbocycles. The fourth-order valence-electron chi connectivity index (χ4n) is 3.57. The van der Waals surface area contributed by atoms with Crippen molar-refractivity contribution in [1.29, 1.82) is 5.26 Å². The Hall–Kier alpha value is -3.50. The monoisotopic (exact) mass is 387 g/mol. The number of hydrogen-bond donors (Lipinski definition) is 1. The van der Waals surface area contributed by atoms with Crippen molar-refractivity contribution >= 4 is 5.95 Å². The van der Waals surface area contributed by atoms with Gasteiger partial charge >= 0.3 is 0 Å². The molecule has 0 bridgehead atoms. The number of anilines is 1. The van der Waals surface area contributed by atoms with Gasteiger partial charge in [-0.25, -0.2) is 9.97 Å². The number of pyridine rings is 1. The molecule has 0 aliphatic carbocycles. The van der Waals surface area contributed by atoms with Crippen molar-refractivity contribution in [3.05, 3.63) is 77.9 Å². The first-order chi connectivity index (χ1) is 14.0. The Morgan fingerprint density at radius 3 is 2.55 bits per heavy atom. The maximum atomic E-state index is 11.3. The average molecular weight is 387 g/mol. The number of nitrogens with zero attached hydrogens (tertiary/aromatic N) is 5. The normalized spacial score (nSPS) is 19.5. The molecule has 1 N–H and O–H groups in total. The van der Waals surface area contributed by atoms with E-state index in [2.05, 4.69) is 21.0 Å². The molecule has 2 aromatic heterocycles. The molecule has 4 rings (SSSR count). The van der Waals surface area contributed by atoms with Gasteiger partial charge in [-0.05, 0) is 50.2 Å². The van der Waals surface area contributed by atoms with Crippen molar-refractivity contribution in [1.82, 2.24) is 15.0 Å². The summed E-state index contributed by atoms with van der Waals surface area (Å²) in [4.78, 5) is 15.2. The second-order valence-corrected chi connectivity index (χ2v) is 7.46. The Kier molecular flexibility index (Phi) is 4.87. The van der Waals surface area contributed by atoms with Gasteiger partial charge < -0.3 is 14.7 Å². The van der Waals surface area contributed by atoms with Crippen LogP contribution in [0.4, 0.5) is 5.95 Å². The van der Waals surface area contributed by atoms with Gasteiger partial charge in [0.1, 0.15) is 17.5 Å². The first kappa shape index (κ1) is 18.8. The van der Waals surface area contributed by atoms with Gasteiger partial charge in [0.15, 0.2) is 0 Å². The Bertz CT molecular complexity index is 1030. The third kappa shape index (κ3) is 3.62. The summed E-state index contributed by atoms with van der Waals surface area (Å²) >= 11 is 0. The summed E-state index contributed by atoms with van der Waals surface area (Å²) in [6.45, 7) is 4.08. The van der Waals surface area contributed by atoms with Crippen molar-refractivity contribution in [2.24, 2.45) is 0 Å². The summed E-state index contributed by atoms with van der Waals surface area (Å²) < 4.78 is 6.06. The molecule has 7 heteroatoms. The molecule has 0 radical (unpaired) electrons. The number of aromatic nitrogens is 3. The number of benzene rings is 1. The molecule has 1 aromatic carbocycles. The molecule has 0 amide bonds. The van der Waals surface area contributed by atoms with Gasteiger partial charge in [-0.3, -0.25) is 4.98 Å². The smallest absolute Gasteiger partial charge is 0.226 e. The Morgan fingerprint density at radius 2 is 1.86 bits per heavy atom. The lowest BCUT2D eigenvalue weighted by Gasteiger charge is -2.46. The highest BCUT2D eigenvalue weighted by molar-refractivity contribution is 5.50. The van der Waals surface area contributed by atoms with Crippen molar-refractivity contribution < 1.29 is 9.84 Å². The Balaban J connectivity index is 1.87. The minimum Gasteiger partial charge on any atom is -0.485 e. The highest BCUT2D eigenvalue weighted by Crippen LogP contribution is 2.44. The van der Waals surface area contributed by atoms with E-state index in [4.69, 9.17) is 4.74 Å². The minimum atomic E-state index is -0.892. The summed E-state index contributed by atoms with van der Waals surface area (Å²) in [5.41, 5.74) is 1.19. The first-order valence-corrected chi connectivity index (χ1v) is 9.34. The maximum Gasteiger partial charge on any atom is 0.226 e. The quantitative estimate of drug-likeness (QED) is 0.735. The van der Waals surface area contributed by atoms with Crippen LogP contribution in [0.2, 0.25) is 0 Å². The van der Waals surface area contributed by atoms with E-state index < -0.39 is 17.7 Å². The third-order valence-electron chi connectivity index (χ3n) is 5.05. The minimum absolute atomic E-state index is 0.388. The van der Waals surface area contributed by atoms with Crippen LogP contribution >= 0.6 is 0 Å². The molecule has 1 unspecified atom stereocenters. The van der Waals surface area contributed by atoms with Gasteiger partial charge in [0.05, 0.1) is 29.9 Å². The number of ether oxygens (including phenoxy) is 1. The van der Waals surface area contributed by atoms with Crippen molar-refractivity contribution in [2.75, 3.05) is 4.90 Å². The number of aliphatic hydroxyl groups is 1. The van der Waals surface area contributed by atoms with Gasteiger partial charge in [0.2, 0.25) is 5.95 Å². The second kappa shape index (κ2) is 7.49. The molecule has 2 atom stereocenters. The molecule has 29 heavy (non-hydrogen) atoms. The fourth-order valence-corrected chi connectivity index (χ4v) is 3.57. The van der Waals surface area contributed by atoms with E-state index in [1.54, 1.807) is 42.9 Å². The molecule has 3 aromatic rings.